The van der Waals surface area contributed by atoms with Gasteiger partial charge in [-0.2, -0.15) is 0 Å². The minimum atomic E-state index is 0.470. The van der Waals surface area contributed by atoms with Crippen LogP contribution >= 0.6 is 11.6 Å². The van der Waals surface area contributed by atoms with Gasteiger partial charge in [0.05, 0.1) is 0 Å². The summed E-state index contributed by atoms with van der Waals surface area (Å²) in [5.74, 6) is 2.32. The molecule has 1 aromatic heterocycles. The van der Waals surface area contributed by atoms with Crippen molar-refractivity contribution in [2.75, 3.05) is 5.32 Å². The second-order valence-electron chi connectivity index (χ2n) is 4.37. The fourth-order valence-corrected chi connectivity index (χ4v) is 1.93. The molecule has 1 fully saturated rings. The summed E-state index contributed by atoms with van der Waals surface area (Å²) in [5.41, 5.74) is 0. The predicted octanol–water partition coefficient (Wildman–Crippen LogP) is 3.61. The van der Waals surface area contributed by atoms with Gasteiger partial charge in [-0.05, 0) is 25.7 Å². The van der Waals surface area contributed by atoms with E-state index in [-0.39, 0.29) is 0 Å². The molecule has 0 spiro atoms. The summed E-state index contributed by atoms with van der Waals surface area (Å²) in [7, 11) is 0. The average molecular weight is 240 g/mol. The zero-order valence-electron chi connectivity index (χ0n) is 9.83. The van der Waals surface area contributed by atoms with Crippen molar-refractivity contribution in [3.8, 4) is 0 Å². The number of anilines is 1. The van der Waals surface area contributed by atoms with Crippen molar-refractivity contribution in [1.82, 2.24) is 9.97 Å². The molecule has 0 amide bonds. The van der Waals surface area contributed by atoms with Gasteiger partial charge in [0.25, 0.3) is 0 Å². The van der Waals surface area contributed by atoms with Crippen LogP contribution in [0.3, 0.4) is 0 Å². The van der Waals surface area contributed by atoms with Crippen molar-refractivity contribution in [1.29, 1.82) is 0 Å². The summed E-state index contributed by atoms with van der Waals surface area (Å²) in [6, 6.07) is 2.28. The van der Waals surface area contributed by atoms with Crippen LogP contribution in [0.2, 0.25) is 5.15 Å². The van der Waals surface area contributed by atoms with Crippen LogP contribution < -0.4 is 5.32 Å². The molecule has 1 saturated carbocycles. The molecule has 16 heavy (non-hydrogen) atoms. The largest absolute Gasteiger partial charge is 0.367 e. The summed E-state index contributed by atoms with van der Waals surface area (Å²) in [6.45, 7) is 4.34. The molecule has 1 heterocycles. The van der Waals surface area contributed by atoms with E-state index in [1.165, 1.54) is 12.8 Å². The zero-order chi connectivity index (χ0) is 11.5. The Morgan fingerprint density at radius 3 is 2.62 bits per heavy atom. The van der Waals surface area contributed by atoms with Gasteiger partial charge in [-0.15, -0.1) is 0 Å². The fraction of sp³-hybridized carbons (Fsp3) is 0.667. The number of nitrogens with one attached hydrogen (secondary N) is 1. The van der Waals surface area contributed by atoms with E-state index in [4.69, 9.17) is 11.6 Å². The Morgan fingerprint density at radius 2 is 2.06 bits per heavy atom. The Kier molecular flexibility index (Phi) is 3.64. The Labute approximate surface area is 102 Å². The van der Waals surface area contributed by atoms with Gasteiger partial charge in [0.2, 0.25) is 0 Å². The van der Waals surface area contributed by atoms with Crippen LogP contribution in [0.15, 0.2) is 6.07 Å². The molecular formula is C12H18ClN3. The highest BCUT2D eigenvalue weighted by Crippen LogP contribution is 2.38. The van der Waals surface area contributed by atoms with Crippen LogP contribution in [-0.2, 0) is 0 Å². The molecule has 88 valence electrons. The Bertz CT molecular complexity index is 359. The molecule has 0 aliphatic heterocycles. The molecule has 0 unspecified atom stereocenters. The first-order valence-electron chi connectivity index (χ1n) is 6.04. The zero-order valence-corrected chi connectivity index (χ0v) is 10.6. The van der Waals surface area contributed by atoms with Gasteiger partial charge in [0.15, 0.2) is 0 Å². The quantitative estimate of drug-likeness (QED) is 0.798. The lowest BCUT2D eigenvalue weighted by molar-refractivity contribution is 0.667. The van der Waals surface area contributed by atoms with Crippen LogP contribution in [0.25, 0.3) is 0 Å². The van der Waals surface area contributed by atoms with E-state index in [2.05, 4.69) is 29.1 Å². The Morgan fingerprint density at radius 1 is 1.38 bits per heavy atom. The number of hydrogen-bond acceptors (Lipinski definition) is 3. The minimum Gasteiger partial charge on any atom is -0.367 e. The van der Waals surface area contributed by atoms with E-state index in [0.717, 1.165) is 24.5 Å². The normalized spacial score (nSPS) is 15.5. The number of nitrogens with zero attached hydrogens (tertiary/aromatic N) is 2. The van der Waals surface area contributed by atoms with Crippen LogP contribution in [0.5, 0.6) is 0 Å². The maximum absolute atomic E-state index is 6.00. The highest BCUT2D eigenvalue weighted by molar-refractivity contribution is 6.29. The summed E-state index contributed by atoms with van der Waals surface area (Å²) in [6.07, 6.45) is 4.59. The van der Waals surface area contributed by atoms with Gasteiger partial charge in [-0.25, -0.2) is 9.97 Å². The molecule has 0 atom stereocenters. The summed E-state index contributed by atoms with van der Waals surface area (Å²) in [4.78, 5) is 8.79. The van der Waals surface area contributed by atoms with E-state index in [1.54, 1.807) is 0 Å². The first-order valence-corrected chi connectivity index (χ1v) is 6.41. The van der Waals surface area contributed by atoms with E-state index in [1.807, 2.05) is 6.07 Å². The van der Waals surface area contributed by atoms with Crippen LogP contribution in [0.4, 0.5) is 5.82 Å². The number of hydrogen-bond donors (Lipinski definition) is 1. The molecule has 0 aromatic carbocycles. The standard InChI is InChI=1S/C12H18ClN3/c1-3-9(4-2)14-11-7-10(13)15-12(16-11)8-5-6-8/h7-9H,3-6H2,1-2H3,(H,14,15,16). The minimum absolute atomic E-state index is 0.470. The van der Waals surface area contributed by atoms with Gasteiger partial charge in [0, 0.05) is 18.0 Å². The average Bonchev–Trinajstić information content (AvgIpc) is 3.08. The Balaban J connectivity index is 2.13. The Hall–Kier alpha value is -0.830. The number of rotatable bonds is 5. The van der Waals surface area contributed by atoms with Crippen molar-refractivity contribution < 1.29 is 0 Å². The van der Waals surface area contributed by atoms with Gasteiger partial charge >= 0.3 is 0 Å². The maximum Gasteiger partial charge on any atom is 0.135 e. The van der Waals surface area contributed by atoms with E-state index in [9.17, 15) is 0 Å². The van der Waals surface area contributed by atoms with E-state index in [0.29, 0.717) is 17.1 Å². The second-order valence-corrected chi connectivity index (χ2v) is 4.75. The number of halogens is 1. The lowest BCUT2D eigenvalue weighted by Gasteiger charge is -2.15. The number of aromatic nitrogens is 2. The lowest BCUT2D eigenvalue weighted by Crippen LogP contribution is -2.18. The van der Waals surface area contributed by atoms with Crippen molar-refractivity contribution in [3.05, 3.63) is 17.0 Å². The van der Waals surface area contributed by atoms with Crippen molar-refractivity contribution in [2.45, 2.75) is 51.5 Å². The highest BCUT2D eigenvalue weighted by Gasteiger charge is 2.27. The van der Waals surface area contributed by atoms with Gasteiger partial charge in [-0.3, -0.25) is 0 Å². The molecule has 0 bridgehead atoms. The fourth-order valence-electron chi connectivity index (χ4n) is 1.74. The van der Waals surface area contributed by atoms with Crippen LogP contribution in [0.1, 0.15) is 51.3 Å². The highest BCUT2D eigenvalue weighted by atomic mass is 35.5. The van der Waals surface area contributed by atoms with Gasteiger partial charge in [-0.1, -0.05) is 25.4 Å². The summed E-state index contributed by atoms with van der Waals surface area (Å²) in [5, 5.41) is 3.95. The third-order valence-electron chi connectivity index (χ3n) is 2.99. The van der Waals surface area contributed by atoms with Crippen LogP contribution in [-0.4, -0.2) is 16.0 Å². The second kappa shape index (κ2) is 5.00. The van der Waals surface area contributed by atoms with Crippen LogP contribution in [0, 0.1) is 0 Å². The summed E-state index contributed by atoms with van der Waals surface area (Å²) < 4.78 is 0. The monoisotopic (exact) mass is 239 g/mol. The molecule has 0 radical (unpaired) electrons. The predicted molar refractivity (Wildman–Crippen MR) is 67.0 cm³/mol. The third-order valence-corrected chi connectivity index (χ3v) is 3.19. The first-order chi connectivity index (χ1) is 7.72. The first kappa shape index (κ1) is 11.6. The molecule has 3 nitrogen and oxygen atoms in total. The molecule has 0 saturated heterocycles. The SMILES string of the molecule is CCC(CC)Nc1cc(Cl)nc(C2CC2)n1. The molecule has 1 N–H and O–H groups in total. The maximum atomic E-state index is 6.00. The van der Waals surface area contributed by atoms with Gasteiger partial charge < -0.3 is 5.32 Å². The lowest BCUT2D eigenvalue weighted by atomic mass is 10.2. The summed E-state index contributed by atoms with van der Waals surface area (Å²) >= 11 is 6.00. The van der Waals surface area contributed by atoms with E-state index < -0.39 is 0 Å². The molecule has 4 heteroatoms. The third kappa shape index (κ3) is 2.85. The molecule has 1 aromatic rings. The van der Waals surface area contributed by atoms with Crippen molar-refractivity contribution in [2.24, 2.45) is 0 Å². The van der Waals surface area contributed by atoms with Gasteiger partial charge in [0.1, 0.15) is 16.8 Å². The van der Waals surface area contributed by atoms with Crippen molar-refractivity contribution in [3.63, 3.8) is 0 Å². The molecule has 2 rings (SSSR count). The molecule has 1 aliphatic carbocycles. The van der Waals surface area contributed by atoms with Crippen molar-refractivity contribution >= 4 is 17.4 Å². The topological polar surface area (TPSA) is 37.8 Å². The smallest absolute Gasteiger partial charge is 0.135 e. The molecular weight excluding hydrogens is 222 g/mol. The van der Waals surface area contributed by atoms with E-state index >= 15 is 0 Å². The molecule has 1 aliphatic rings.